The summed E-state index contributed by atoms with van der Waals surface area (Å²) in [5.41, 5.74) is 4.26. The summed E-state index contributed by atoms with van der Waals surface area (Å²) in [6.07, 6.45) is 4.66. The number of nitrogens with zero attached hydrogens (tertiary/aromatic N) is 2. The molecule has 0 aliphatic carbocycles. The molecule has 3 aromatic rings. The van der Waals surface area contributed by atoms with Crippen molar-refractivity contribution in [2.75, 3.05) is 12.9 Å². The lowest BCUT2D eigenvalue weighted by atomic mass is 10.1. The van der Waals surface area contributed by atoms with Gasteiger partial charge in [0, 0.05) is 16.8 Å². The molecule has 5 heteroatoms. The van der Waals surface area contributed by atoms with Crippen LogP contribution in [-0.2, 0) is 6.42 Å². The van der Waals surface area contributed by atoms with Crippen molar-refractivity contribution in [2.45, 2.75) is 11.3 Å². The summed E-state index contributed by atoms with van der Waals surface area (Å²) in [6, 6.07) is 6.22. The number of imidazole rings is 1. The van der Waals surface area contributed by atoms with Gasteiger partial charge in [-0.05, 0) is 30.2 Å². The largest absolute Gasteiger partial charge is 0.496 e. The van der Waals surface area contributed by atoms with E-state index in [9.17, 15) is 0 Å². The molecule has 1 aromatic carbocycles. The smallest absolute Gasteiger partial charge is 0.142 e. The topological polar surface area (TPSA) is 50.8 Å². The van der Waals surface area contributed by atoms with Crippen LogP contribution in [0.4, 0.5) is 0 Å². The van der Waals surface area contributed by atoms with Crippen molar-refractivity contribution in [3.05, 3.63) is 36.2 Å². The summed E-state index contributed by atoms with van der Waals surface area (Å²) in [4.78, 5) is 13.4. The van der Waals surface area contributed by atoms with E-state index >= 15 is 0 Å². The molecule has 2 aromatic heterocycles. The number of pyridine rings is 1. The Kier molecular flexibility index (Phi) is 2.67. The fourth-order valence-corrected chi connectivity index (χ4v) is 3.62. The maximum atomic E-state index is 5.53. The maximum Gasteiger partial charge on any atom is 0.142 e. The van der Waals surface area contributed by atoms with Gasteiger partial charge in [-0.2, -0.15) is 0 Å². The van der Waals surface area contributed by atoms with Crippen LogP contribution in [-0.4, -0.2) is 27.8 Å². The first-order chi connectivity index (χ1) is 9.85. The number of ether oxygens (including phenoxy) is 1. The molecule has 0 saturated carbocycles. The molecule has 100 valence electrons. The van der Waals surface area contributed by atoms with Crippen molar-refractivity contribution in [1.29, 1.82) is 0 Å². The zero-order chi connectivity index (χ0) is 13.5. The number of aromatic nitrogens is 3. The van der Waals surface area contributed by atoms with Gasteiger partial charge >= 0.3 is 0 Å². The number of hydrogen-bond acceptors (Lipinski definition) is 4. The number of fused-ring (bicyclic) bond motifs is 2. The minimum absolute atomic E-state index is 0.838. The summed E-state index contributed by atoms with van der Waals surface area (Å²) in [5, 5.41) is 0. The van der Waals surface area contributed by atoms with Crippen LogP contribution in [0.5, 0.6) is 5.75 Å². The number of aromatic amines is 1. The van der Waals surface area contributed by atoms with Gasteiger partial charge in [0.05, 0.1) is 29.9 Å². The molecule has 1 aliphatic rings. The molecule has 0 saturated heterocycles. The van der Waals surface area contributed by atoms with Crippen molar-refractivity contribution < 1.29 is 4.74 Å². The second-order valence-corrected chi connectivity index (χ2v) is 5.87. The SMILES string of the molecule is COc1cc2c(cc1-c1nc3ccncc3[nH]1)CCS2. The van der Waals surface area contributed by atoms with Gasteiger partial charge in [0.2, 0.25) is 0 Å². The monoisotopic (exact) mass is 283 g/mol. The molecule has 1 aliphatic heterocycles. The average molecular weight is 283 g/mol. The van der Waals surface area contributed by atoms with Crippen molar-refractivity contribution in [3.8, 4) is 17.1 Å². The van der Waals surface area contributed by atoms with Crippen LogP contribution in [0.2, 0.25) is 0 Å². The lowest BCUT2D eigenvalue weighted by Gasteiger charge is -2.09. The highest BCUT2D eigenvalue weighted by Crippen LogP contribution is 2.39. The summed E-state index contributed by atoms with van der Waals surface area (Å²) in [5.74, 6) is 2.85. The van der Waals surface area contributed by atoms with Crippen molar-refractivity contribution in [2.24, 2.45) is 0 Å². The highest BCUT2D eigenvalue weighted by Gasteiger charge is 2.18. The van der Waals surface area contributed by atoms with E-state index in [2.05, 4.69) is 27.1 Å². The fraction of sp³-hybridized carbons (Fsp3) is 0.200. The predicted octanol–water partition coefficient (Wildman–Crippen LogP) is 3.28. The third kappa shape index (κ3) is 1.78. The van der Waals surface area contributed by atoms with Gasteiger partial charge in [0.25, 0.3) is 0 Å². The molecule has 0 radical (unpaired) electrons. The lowest BCUT2D eigenvalue weighted by Crippen LogP contribution is -1.92. The normalized spacial score (nSPS) is 13.7. The second-order valence-electron chi connectivity index (χ2n) is 4.74. The maximum absolute atomic E-state index is 5.53. The number of methoxy groups -OCH3 is 1. The van der Waals surface area contributed by atoms with Crippen molar-refractivity contribution in [1.82, 2.24) is 15.0 Å². The third-order valence-electron chi connectivity index (χ3n) is 3.55. The van der Waals surface area contributed by atoms with E-state index in [1.807, 2.05) is 17.8 Å². The summed E-state index contributed by atoms with van der Waals surface area (Å²) >= 11 is 1.89. The Balaban J connectivity index is 1.92. The number of rotatable bonds is 2. The number of nitrogens with one attached hydrogen (secondary N) is 1. The first kappa shape index (κ1) is 11.8. The molecule has 3 heterocycles. The van der Waals surface area contributed by atoms with Crippen LogP contribution in [0, 0.1) is 0 Å². The average Bonchev–Trinajstić information content (AvgIpc) is 3.11. The number of H-pyrrole nitrogens is 1. The Bertz CT molecular complexity index is 764. The Morgan fingerprint density at radius 2 is 2.30 bits per heavy atom. The molecule has 0 bridgehead atoms. The molecule has 0 spiro atoms. The van der Waals surface area contributed by atoms with E-state index in [0.717, 1.165) is 40.3 Å². The van der Waals surface area contributed by atoms with E-state index in [1.54, 1.807) is 19.5 Å². The summed E-state index contributed by atoms with van der Waals surface area (Å²) < 4.78 is 5.53. The van der Waals surface area contributed by atoms with E-state index in [1.165, 1.54) is 10.5 Å². The molecule has 1 N–H and O–H groups in total. The van der Waals surface area contributed by atoms with Gasteiger partial charge in [-0.3, -0.25) is 4.98 Å². The highest BCUT2D eigenvalue weighted by atomic mass is 32.2. The molecular weight excluding hydrogens is 270 g/mol. The van der Waals surface area contributed by atoms with Crippen molar-refractivity contribution in [3.63, 3.8) is 0 Å². The van der Waals surface area contributed by atoms with Gasteiger partial charge in [-0.25, -0.2) is 4.98 Å². The van der Waals surface area contributed by atoms with E-state index in [-0.39, 0.29) is 0 Å². The quantitative estimate of drug-likeness (QED) is 0.784. The van der Waals surface area contributed by atoms with Crippen LogP contribution >= 0.6 is 11.8 Å². The number of hydrogen-bond donors (Lipinski definition) is 1. The summed E-state index contributed by atoms with van der Waals surface area (Å²) in [6.45, 7) is 0. The molecule has 0 fully saturated rings. The minimum Gasteiger partial charge on any atom is -0.496 e. The van der Waals surface area contributed by atoms with Crippen LogP contribution < -0.4 is 4.74 Å². The van der Waals surface area contributed by atoms with Crippen LogP contribution in [0.1, 0.15) is 5.56 Å². The van der Waals surface area contributed by atoms with Gasteiger partial charge < -0.3 is 9.72 Å². The van der Waals surface area contributed by atoms with E-state index in [0.29, 0.717) is 0 Å². The first-order valence-electron chi connectivity index (χ1n) is 6.49. The number of thioether (sulfide) groups is 1. The molecule has 20 heavy (non-hydrogen) atoms. The number of benzene rings is 1. The van der Waals surface area contributed by atoms with Crippen LogP contribution in [0.15, 0.2) is 35.5 Å². The van der Waals surface area contributed by atoms with Gasteiger partial charge in [-0.1, -0.05) is 0 Å². The predicted molar refractivity (Wildman–Crippen MR) is 80.3 cm³/mol. The first-order valence-corrected chi connectivity index (χ1v) is 7.47. The zero-order valence-electron chi connectivity index (χ0n) is 11.0. The molecule has 4 rings (SSSR count). The molecule has 0 unspecified atom stereocenters. The lowest BCUT2D eigenvalue weighted by molar-refractivity contribution is 0.415. The highest BCUT2D eigenvalue weighted by molar-refractivity contribution is 7.99. The summed E-state index contributed by atoms with van der Waals surface area (Å²) in [7, 11) is 1.70. The van der Waals surface area contributed by atoms with Gasteiger partial charge in [-0.15, -0.1) is 11.8 Å². The van der Waals surface area contributed by atoms with Gasteiger partial charge in [0.1, 0.15) is 11.6 Å². The fourth-order valence-electron chi connectivity index (χ4n) is 2.55. The Morgan fingerprint density at radius 3 is 3.15 bits per heavy atom. The van der Waals surface area contributed by atoms with Gasteiger partial charge in [0.15, 0.2) is 0 Å². The Morgan fingerprint density at radius 1 is 1.35 bits per heavy atom. The second kappa shape index (κ2) is 4.52. The standard InChI is InChI=1S/C15H13N3OS/c1-19-13-7-14-9(3-5-20-14)6-10(13)15-17-11-2-4-16-8-12(11)18-15/h2,4,6-8H,3,5H2,1H3,(H,17,18). The van der Waals surface area contributed by atoms with Crippen LogP contribution in [0.3, 0.4) is 0 Å². The molecule has 4 nitrogen and oxygen atoms in total. The Hall–Kier alpha value is -2.01. The minimum atomic E-state index is 0.838. The molecule has 0 atom stereocenters. The van der Waals surface area contributed by atoms with E-state index < -0.39 is 0 Å². The van der Waals surface area contributed by atoms with Crippen LogP contribution in [0.25, 0.3) is 22.4 Å². The molecular formula is C15H13N3OS. The zero-order valence-corrected chi connectivity index (χ0v) is 11.8. The molecule has 0 amide bonds. The van der Waals surface area contributed by atoms with E-state index in [4.69, 9.17) is 4.74 Å². The Labute approximate surface area is 120 Å². The third-order valence-corrected chi connectivity index (χ3v) is 4.65. The van der Waals surface area contributed by atoms with Crippen molar-refractivity contribution >= 4 is 22.8 Å². The number of aryl methyl sites for hydroxylation is 1.